The Morgan fingerprint density at radius 3 is 2.41 bits per heavy atom. The molecule has 0 atom stereocenters. The minimum absolute atomic E-state index is 0.161. The van der Waals surface area contributed by atoms with Gasteiger partial charge in [-0.15, -0.1) is 0 Å². The second kappa shape index (κ2) is 8.26. The van der Waals surface area contributed by atoms with E-state index in [1.807, 2.05) is 19.1 Å². The largest absolute Gasteiger partial charge is 0.495 e. The highest BCUT2D eigenvalue weighted by Gasteiger charge is 2.34. The first-order valence-electron chi connectivity index (χ1n) is 8.48. The van der Waals surface area contributed by atoms with E-state index in [2.05, 4.69) is 5.32 Å². The van der Waals surface area contributed by atoms with E-state index in [0.717, 1.165) is 5.56 Å². The van der Waals surface area contributed by atoms with Crippen LogP contribution in [0.25, 0.3) is 0 Å². The molecule has 3 rings (SSSR count). The van der Waals surface area contributed by atoms with Gasteiger partial charge in [-0.25, -0.2) is 0 Å². The van der Waals surface area contributed by atoms with Crippen LogP contribution in [0, 0.1) is 6.92 Å². The summed E-state index contributed by atoms with van der Waals surface area (Å²) >= 11 is 1.37. The molecule has 2 aromatic carbocycles. The number of aryl methyl sites for hydroxylation is 1. The Balaban J connectivity index is 1.48. The lowest BCUT2D eigenvalue weighted by Gasteiger charge is -2.14. The van der Waals surface area contributed by atoms with E-state index in [1.54, 1.807) is 37.4 Å². The number of carbonyl (C=O) groups is 3. The fraction of sp³-hybridized carbons (Fsp3) is 0.250. The summed E-state index contributed by atoms with van der Waals surface area (Å²) in [5.41, 5.74) is 2.53. The number of ether oxygens (including phenoxy) is 1. The van der Waals surface area contributed by atoms with E-state index >= 15 is 0 Å². The lowest BCUT2D eigenvalue weighted by Crippen LogP contribution is -2.32. The summed E-state index contributed by atoms with van der Waals surface area (Å²) in [6.45, 7) is 2.21. The molecular weight excluding hydrogens is 364 g/mol. The topological polar surface area (TPSA) is 75.7 Å². The molecule has 3 amide bonds. The molecule has 0 spiro atoms. The van der Waals surface area contributed by atoms with Gasteiger partial charge in [0, 0.05) is 12.3 Å². The normalized spacial score (nSPS) is 12.9. The molecule has 0 saturated heterocycles. The van der Waals surface area contributed by atoms with Crippen LogP contribution in [0.15, 0.2) is 42.5 Å². The number of anilines is 1. The van der Waals surface area contributed by atoms with E-state index in [4.69, 9.17) is 4.74 Å². The van der Waals surface area contributed by atoms with Crippen LogP contribution in [-0.4, -0.2) is 47.8 Å². The minimum Gasteiger partial charge on any atom is -0.495 e. The molecule has 7 heteroatoms. The van der Waals surface area contributed by atoms with E-state index in [-0.39, 0.29) is 30.0 Å². The summed E-state index contributed by atoms with van der Waals surface area (Å²) in [5, 5.41) is 2.83. The molecule has 0 bridgehead atoms. The van der Waals surface area contributed by atoms with E-state index in [0.29, 0.717) is 28.3 Å². The van der Waals surface area contributed by atoms with Crippen molar-refractivity contribution in [3.63, 3.8) is 0 Å². The van der Waals surface area contributed by atoms with Crippen molar-refractivity contribution in [2.75, 3.05) is 30.5 Å². The number of thioether (sulfide) groups is 1. The first-order chi connectivity index (χ1) is 13.0. The number of nitrogens with one attached hydrogen (secondary N) is 1. The van der Waals surface area contributed by atoms with Crippen molar-refractivity contribution in [2.24, 2.45) is 0 Å². The van der Waals surface area contributed by atoms with Crippen molar-refractivity contribution in [1.29, 1.82) is 0 Å². The van der Waals surface area contributed by atoms with Gasteiger partial charge in [0.15, 0.2) is 0 Å². The molecule has 0 fully saturated rings. The van der Waals surface area contributed by atoms with Crippen LogP contribution in [-0.2, 0) is 4.79 Å². The molecule has 1 aliphatic rings. The van der Waals surface area contributed by atoms with Gasteiger partial charge in [-0.3, -0.25) is 19.3 Å². The van der Waals surface area contributed by atoms with Crippen LogP contribution < -0.4 is 10.1 Å². The van der Waals surface area contributed by atoms with Crippen LogP contribution in [0.2, 0.25) is 0 Å². The molecule has 1 aliphatic heterocycles. The van der Waals surface area contributed by atoms with Gasteiger partial charge < -0.3 is 10.1 Å². The summed E-state index contributed by atoms with van der Waals surface area (Å²) in [6, 6.07) is 12.4. The molecule has 140 valence electrons. The molecule has 0 aliphatic carbocycles. The maximum Gasteiger partial charge on any atom is 0.261 e. The monoisotopic (exact) mass is 384 g/mol. The predicted molar refractivity (Wildman–Crippen MR) is 105 cm³/mol. The fourth-order valence-electron chi connectivity index (χ4n) is 2.87. The first-order valence-corrected chi connectivity index (χ1v) is 9.64. The van der Waals surface area contributed by atoms with Crippen LogP contribution in [0.5, 0.6) is 5.75 Å². The third-order valence-electron chi connectivity index (χ3n) is 4.20. The van der Waals surface area contributed by atoms with Crippen LogP contribution >= 0.6 is 11.8 Å². The van der Waals surface area contributed by atoms with Gasteiger partial charge in [0.1, 0.15) is 5.75 Å². The number of fused-ring (bicyclic) bond motifs is 1. The maximum absolute atomic E-state index is 12.3. The number of benzene rings is 2. The van der Waals surface area contributed by atoms with Crippen LogP contribution in [0.1, 0.15) is 26.3 Å². The van der Waals surface area contributed by atoms with Crippen molar-refractivity contribution in [1.82, 2.24) is 4.90 Å². The Kier molecular flexibility index (Phi) is 5.81. The van der Waals surface area contributed by atoms with Gasteiger partial charge in [-0.05, 0) is 36.8 Å². The number of imide groups is 1. The first kappa shape index (κ1) is 19.0. The van der Waals surface area contributed by atoms with E-state index in [1.165, 1.54) is 16.7 Å². The average Bonchev–Trinajstić information content (AvgIpc) is 2.90. The van der Waals surface area contributed by atoms with Gasteiger partial charge in [-0.1, -0.05) is 18.2 Å². The lowest BCUT2D eigenvalue weighted by atomic mass is 10.1. The molecule has 0 saturated carbocycles. The average molecular weight is 384 g/mol. The molecular formula is C20H20N2O4S. The van der Waals surface area contributed by atoms with Crippen LogP contribution in [0.4, 0.5) is 5.69 Å². The third kappa shape index (κ3) is 4.14. The Morgan fingerprint density at radius 2 is 1.78 bits per heavy atom. The number of hydrogen-bond donors (Lipinski definition) is 1. The molecule has 1 heterocycles. The molecule has 27 heavy (non-hydrogen) atoms. The number of carbonyl (C=O) groups excluding carboxylic acids is 3. The van der Waals surface area contributed by atoms with Crippen LogP contribution in [0.3, 0.4) is 0 Å². The molecule has 0 aromatic heterocycles. The van der Waals surface area contributed by atoms with E-state index in [9.17, 15) is 14.4 Å². The highest BCUT2D eigenvalue weighted by Crippen LogP contribution is 2.25. The van der Waals surface area contributed by atoms with E-state index < -0.39 is 0 Å². The zero-order valence-corrected chi connectivity index (χ0v) is 16.0. The quantitative estimate of drug-likeness (QED) is 0.587. The maximum atomic E-state index is 12.3. The Hall–Kier alpha value is -2.80. The Morgan fingerprint density at radius 1 is 1.11 bits per heavy atom. The van der Waals surface area contributed by atoms with Crippen molar-refractivity contribution in [3.8, 4) is 5.75 Å². The Labute approximate surface area is 161 Å². The standard InChI is InChI=1S/C20H20N2O4S/c1-13-7-8-17(26-2)16(11-13)21-18(23)12-27-10-9-22-19(24)14-5-3-4-6-15(14)20(22)25/h3-8,11H,9-10,12H2,1-2H3,(H,21,23). The van der Waals surface area contributed by atoms with Gasteiger partial charge in [0.2, 0.25) is 5.91 Å². The van der Waals surface area contributed by atoms with Crippen molar-refractivity contribution in [2.45, 2.75) is 6.92 Å². The van der Waals surface area contributed by atoms with Gasteiger partial charge in [0.05, 0.1) is 29.7 Å². The number of methoxy groups -OCH3 is 1. The minimum atomic E-state index is -0.273. The van der Waals surface area contributed by atoms with Crippen molar-refractivity contribution < 1.29 is 19.1 Å². The van der Waals surface area contributed by atoms with Gasteiger partial charge in [-0.2, -0.15) is 11.8 Å². The van der Waals surface area contributed by atoms with Gasteiger partial charge >= 0.3 is 0 Å². The number of hydrogen-bond acceptors (Lipinski definition) is 5. The molecule has 0 radical (unpaired) electrons. The van der Waals surface area contributed by atoms with Crippen molar-refractivity contribution in [3.05, 3.63) is 59.2 Å². The number of nitrogens with zero attached hydrogens (tertiary/aromatic N) is 1. The summed E-state index contributed by atoms with van der Waals surface area (Å²) in [7, 11) is 1.55. The molecule has 6 nitrogen and oxygen atoms in total. The summed E-state index contributed by atoms with van der Waals surface area (Å²) in [6.07, 6.45) is 0. The SMILES string of the molecule is COc1ccc(C)cc1NC(=O)CSCCN1C(=O)c2ccccc2C1=O. The summed E-state index contributed by atoms with van der Waals surface area (Å²) in [5.74, 6) is 0.607. The Bertz CT molecular complexity index is 862. The highest BCUT2D eigenvalue weighted by molar-refractivity contribution is 7.99. The molecule has 2 aromatic rings. The fourth-order valence-corrected chi connectivity index (χ4v) is 3.58. The predicted octanol–water partition coefficient (Wildman–Crippen LogP) is 2.97. The third-order valence-corrected chi connectivity index (χ3v) is 5.14. The smallest absolute Gasteiger partial charge is 0.261 e. The zero-order valence-electron chi connectivity index (χ0n) is 15.2. The van der Waals surface area contributed by atoms with Gasteiger partial charge in [0.25, 0.3) is 11.8 Å². The van der Waals surface area contributed by atoms with Crippen molar-refractivity contribution >= 4 is 35.2 Å². The number of rotatable bonds is 7. The molecule has 1 N–H and O–H groups in total. The number of amides is 3. The second-order valence-corrected chi connectivity index (χ2v) is 7.22. The second-order valence-electron chi connectivity index (χ2n) is 6.11. The lowest BCUT2D eigenvalue weighted by molar-refractivity contribution is -0.113. The highest BCUT2D eigenvalue weighted by atomic mass is 32.2. The summed E-state index contributed by atoms with van der Waals surface area (Å²) in [4.78, 5) is 38.0. The zero-order chi connectivity index (χ0) is 19.4. The molecule has 0 unspecified atom stereocenters. The summed E-state index contributed by atoms with van der Waals surface area (Å²) < 4.78 is 5.25.